The summed E-state index contributed by atoms with van der Waals surface area (Å²) in [7, 11) is 0. The molecule has 0 fully saturated rings. The number of rotatable bonds is 6. The Morgan fingerprint density at radius 2 is 1.97 bits per heavy atom. The van der Waals surface area contributed by atoms with E-state index in [1.807, 2.05) is 67.1 Å². The van der Waals surface area contributed by atoms with Gasteiger partial charge in [-0.3, -0.25) is 14.5 Å². The van der Waals surface area contributed by atoms with Crippen molar-refractivity contribution in [3.63, 3.8) is 0 Å². The number of ether oxygens (including phenoxy) is 1. The quantitative estimate of drug-likeness (QED) is 0.542. The molecule has 0 bridgehead atoms. The van der Waals surface area contributed by atoms with E-state index in [0.29, 0.717) is 12.4 Å². The second-order valence-corrected chi connectivity index (χ2v) is 6.88. The highest BCUT2D eigenvalue weighted by Gasteiger charge is 2.16. The topological polar surface area (TPSA) is 81.9 Å². The smallest absolute Gasteiger partial charge is 0.277 e. The highest BCUT2D eigenvalue weighted by atomic mass is 16.5. The second-order valence-electron chi connectivity index (χ2n) is 6.88. The van der Waals surface area contributed by atoms with Crippen molar-refractivity contribution in [1.82, 2.24) is 19.7 Å². The van der Waals surface area contributed by atoms with E-state index < -0.39 is 0 Å². The Bertz CT molecular complexity index is 1120. The van der Waals surface area contributed by atoms with Gasteiger partial charge in [0.25, 0.3) is 5.91 Å². The van der Waals surface area contributed by atoms with E-state index in [1.165, 1.54) is 18.6 Å². The molecule has 1 N–H and O–H groups in total. The van der Waals surface area contributed by atoms with Crippen molar-refractivity contribution >= 4 is 22.6 Å². The normalized spacial score (nSPS) is 11.0. The first-order chi connectivity index (χ1) is 14.1. The van der Waals surface area contributed by atoms with Crippen LogP contribution in [0.1, 0.15) is 29.9 Å². The SMILES string of the molecule is CC(C)Oc1ccc2c(NC(=O)c3cnccn3)nn(Cc3ccccc3)c2c1. The third-order valence-corrected chi connectivity index (χ3v) is 4.30. The van der Waals surface area contributed by atoms with Gasteiger partial charge in [-0.25, -0.2) is 4.98 Å². The molecule has 4 aromatic rings. The Morgan fingerprint density at radius 1 is 1.14 bits per heavy atom. The summed E-state index contributed by atoms with van der Waals surface area (Å²) in [5.41, 5.74) is 2.22. The van der Waals surface area contributed by atoms with Crippen LogP contribution in [-0.2, 0) is 6.54 Å². The maximum atomic E-state index is 12.6. The van der Waals surface area contributed by atoms with Gasteiger partial charge in [0, 0.05) is 23.8 Å². The molecule has 0 aliphatic carbocycles. The maximum Gasteiger partial charge on any atom is 0.277 e. The highest BCUT2D eigenvalue weighted by Crippen LogP contribution is 2.28. The molecule has 7 nitrogen and oxygen atoms in total. The molecule has 0 atom stereocenters. The number of anilines is 1. The van der Waals surface area contributed by atoms with Crippen molar-refractivity contribution in [3.8, 4) is 5.75 Å². The Labute approximate surface area is 168 Å². The lowest BCUT2D eigenvalue weighted by atomic mass is 10.2. The largest absolute Gasteiger partial charge is 0.491 e. The first kappa shape index (κ1) is 18.6. The predicted octanol–water partition coefficient (Wildman–Crippen LogP) is 3.91. The zero-order valence-corrected chi connectivity index (χ0v) is 16.2. The number of carbonyl (C=O) groups excluding carboxylic acids is 1. The van der Waals surface area contributed by atoms with E-state index in [0.717, 1.165) is 22.2 Å². The van der Waals surface area contributed by atoms with Crippen molar-refractivity contribution < 1.29 is 9.53 Å². The van der Waals surface area contributed by atoms with Crippen molar-refractivity contribution in [2.75, 3.05) is 5.32 Å². The van der Waals surface area contributed by atoms with Gasteiger partial charge >= 0.3 is 0 Å². The Morgan fingerprint density at radius 3 is 2.69 bits per heavy atom. The minimum absolute atomic E-state index is 0.0637. The molecular formula is C22H21N5O2. The molecule has 29 heavy (non-hydrogen) atoms. The van der Waals surface area contributed by atoms with Gasteiger partial charge in [0.1, 0.15) is 11.4 Å². The summed E-state index contributed by atoms with van der Waals surface area (Å²) < 4.78 is 7.71. The number of hydrogen-bond acceptors (Lipinski definition) is 5. The first-order valence-electron chi connectivity index (χ1n) is 9.38. The van der Waals surface area contributed by atoms with E-state index in [2.05, 4.69) is 20.4 Å². The van der Waals surface area contributed by atoms with E-state index in [9.17, 15) is 4.79 Å². The molecule has 146 valence electrons. The number of nitrogens with one attached hydrogen (secondary N) is 1. The fourth-order valence-corrected chi connectivity index (χ4v) is 3.06. The van der Waals surface area contributed by atoms with Crippen molar-refractivity contribution in [2.45, 2.75) is 26.5 Å². The number of aromatic nitrogens is 4. The highest BCUT2D eigenvalue weighted by molar-refractivity contribution is 6.06. The molecule has 0 radical (unpaired) electrons. The van der Waals surface area contributed by atoms with Crippen LogP contribution in [0.25, 0.3) is 10.9 Å². The lowest BCUT2D eigenvalue weighted by molar-refractivity contribution is 0.102. The molecule has 7 heteroatoms. The van der Waals surface area contributed by atoms with E-state index in [4.69, 9.17) is 4.74 Å². The predicted molar refractivity (Wildman–Crippen MR) is 111 cm³/mol. The van der Waals surface area contributed by atoms with Gasteiger partial charge in [0.2, 0.25) is 0 Å². The van der Waals surface area contributed by atoms with Gasteiger partial charge in [-0.05, 0) is 31.5 Å². The van der Waals surface area contributed by atoms with Crippen LogP contribution < -0.4 is 10.1 Å². The van der Waals surface area contributed by atoms with E-state index in [1.54, 1.807) is 0 Å². The summed E-state index contributed by atoms with van der Waals surface area (Å²) in [6, 6.07) is 15.8. The van der Waals surface area contributed by atoms with Crippen LogP contribution in [0.3, 0.4) is 0 Å². The van der Waals surface area contributed by atoms with E-state index >= 15 is 0 Å². The van der Waals surface area contributed by atoms with E-state index in [-0.39, 0.29) is 17.7 Å². The lowest BCUT2D eigenvalue weighted by Crippen LogP contribution is -2.14. The van der Waals surface area contributed by atoms with Crippen molar-refractivity contribution in [1.29, 1.82) is 0 Å². The summed E-state index contributed by atoms with van der Waals surface area (Å²) in [5.74, 6) is 0.878. The summed E-state index contributed by atoms with van der Waals surface area (Å²) in [4.78, 5) is 20.5. The third kappa shape index (κ3) is 4.24. The molecule has 0 saturated carbocycles. The average Bonchev–Trinajstić information content (AvgIpc) is 3.05. The number of hydrogen-bond donors (Lipinski definition) is 1. The van der Waals surface area contributed by atoms with Gasteiger partial charge in [-0.15, -0.1) is 0 Å². The van der Waals surface area contributed by atoms with Crippen LogP contribution in [0.15, 0.2) is 67.1 Å². The standard InChI is InChI=1S/C22H21N5O2/c1-15(2)29-17-8-9-18-20(12-17)27(14-16-6-4-3-5-7-16)26-21(18)25-22(28)19-13-23-10-11-24-19/h3-13,15H,14H2,1-2H3,(H,25,26,28). The molecular weight excluding hydrogens is 366 g/mol. The first-order valence-corrected chi connectivity index (χ1v) is 9.38. The monoisotopic (exact) mass is 387 g/mol. The van der Waals surface area contributed by atoms with Gasteiger partial charge in [-0.1, -0.05) is 30.3 Å². The molecule has 2 aromatic carbocycles. The molecule has 4 rings (SSSR count). The molecule has 2 aromatic heterocycles. The van der Waals surface area contributed by atoms with Crippen LogP contribution >= 0.6 is 0 Å². The summed E-state index contributed by atoms with van der Waals surface area (Å²) in [5, 5.41) is 8.33. The zero-order chi connectivity index (χ0) is 20.2. The average molecular weight is 387 g/mol. The van der Waals surface area contributed by atoms with Crippen LogP contribution in [0.5, 0.6) is 5.75 Å². The Kier molecular flexibility index (Phi) is 5.20. The number of carbonyl (C=O) groups is 1. The summed E-state index contributed by atoms with van der Waals surface area (Å²) >= 11 is 0. The minimum Gasteiger partial charge on any atom is -0.491 e. The number of benzene rings is 2. The van der Waals surface area contributed by atoms with Gasteiger partial charge < -0.3 is 10.1 Å². The second kappa shape index (κ2) is 8.10. The van der Waals surface area contributed by atoms with Crippen molar-refractivity contribution in [2.24, 2.45) is 0 Å². The molecule has 2 heterocycles. The fourth-order valence-electron chi connectivity index (χ4n) is 3.06. The molecule has 0 aliphatic rings. The summed E-state index contributed by atoms with van der Waals surface area (Å²) in [6.45, 7) is 4.54. The molecule has 0 unspecified atom stereocenters. The zero-order valence-electron chi connectivity index (χ0n) is 16.2. The van der Waals surface area contributed by atoms with Gasteiger partial charge in [0.15, 0.2) is 5.82 Å². The van der Waals surface area contributed by atoms with Crippen LogP contribution in [-0.4, -0.2) is 31.8 Å². The molecule has 0 saturated heterocycles. The van der Waals surface area contributed by atoms with Crippen LogP contribution in [0, 0.1) is 0 Å². The molecule has 1 amide bonds. The van der Waals surface area contributed by atoms with Gasteiger partial charge in [0.05, 0.1) is 24.4 Å². The Hall–Kier alpha value is -3.74. The lowest BCUT2D eigenvalue weighted by Gasteiger charge is -2.10. The fraction of sp³-hybridized carbons (Fsp3) is 0.182. The van der Waals surface area contributed by atoms with Crippen LogP contribution in [0.4, 0.5) is 5.82 Å². The van der Waals surface area contributed by atoms with Crippen LogP contribution in [0.2, 0.25) is 0 Å². The van der Waals surface area contributed by atoms with Gasteiger partial charge in [-0.2, -0.15) is 5.10 Å². The molecule has 0 aliphatic heterocycles. The third-order valence-electron chi connectivity index (χ3n) is 4.30. The molecule has 0 spiro atoms. The summed E-state index contributed by atoms with van der Waals surface area (Å²) in [6.07, 6.45) is 4.49. The Balaban J connectivity index is 1.73. The number of fused-ring (bicyclic) bond motifs is 1. The maximum absolute atomic E-state index is 12.6. The van der Waals surface area contributed by atoms with Crippen molar-refractivity contribution in [3.05, 3.63) is 78.4 Å². The number of nitrogens with zero attached hydrogens (tertiary/aromatic N) is 4. The number of amides is 1. The minimum atomic E-state index is -0.355.